The highest BCUT2D eigenvalue weighted by atomic mass is 79.9. The first kappa shape index (κ1) is 18.5. The first-order valence-electron chi connectivity index (χ1n) is 7.98. The molecule has 0 aromatic heterocycles. The minimum atomic E-state index is -1.58. The summed E-state index contributed by atoms with van der Waals surface area (Å²) >= 11 is 3.05. The van der Waals surface area contributed by atoms with Gasteiger partial charge in [-0.1, -0.05) is 52.3 Å². The van der Waals surface area contributed by atoms with Crippen LogP contribution < -0.4 is 0 Å². The van der Waals surface area contributed by atoms with Crippen molar-refractivity contribution in [3.8, 4) is 0 Å². The zero-order valence-electron chi connectivity index (χ0n) is 13.6. The van der Waals surface area contributed by atoms with Gasteiger partial charge in [0.15, 0.2) is 12.3 Å². The molecule has 5 nitrogen and oxygen atoms in total. The minimum absolute atomic E-state index is 0.233. The standard InChI is InChI=1S/C19H16BrFO5/c20-17-15(21)16(26-19(23)13-9-5-2-6-10-13)14(25-17)11-24-18(22)12-7-3-1-4-8-12/h1-10,14-17H,11H2/t14-,15?,16?,17+/m1/s1. The van der Waals surface area contributed by atoms with Gasteiger partial charge in [-0.2, -0.15) is 0 Å². The number of esters is 2. The molecule has 1 heterocycles. The maximum Gasteiger partial charge on any atom is 0.338 e. The monoisotopic (exact) mass is 422 g/mol. The van der Waals surface area contributed by atoms with Gasteiger partial charge in [0, 0.05) is 0 Å². The molecular weight excluding hydrogens is 407 g/mol. The quantitative estimate of drug-likeness (QED) is 0.544. The summed E-state index contributed by atoms with van der Waals surface area (Å²) in [5.41, 5.74) is 0.674. The first-order chi connectivity index (χ1) is 12.6. The Bertz CT molecular complexity index is 755. The zero-order valence-corrected chi connectivity index (χ0v) is 15.2. The second kappa shape index (κ2) is 8.42. The molecule has 1 fully saturated rings. The average molecular weight is 423 g/mol. The Hall–Kier alpha value is -2.25. The summed E-state index contributed by atoms with van der Waals surface area (Å²) in [6.07, 6.45) is -3.67. The highest BCUT2D eigenvalue weighted by molar-refractivity contribution is 9.09. The molecule has 0 aliphatic carbocycles. The van der Waals surface area contributed by atoms with Crippen LogP contribution in [0.1, 0.15) is 20.7 Å². The number of hydrogen-bond acceptors (Lipinski definition) is 5. The zero-order chi connectivity index (χ0) is 18.5. The Labute approximate surface area is 158 Å². The van der Waals surface area contributed by atoms with Crippen molar-refractivity contribution in [3.05, 3.63) is 71.8 Å². The molecular formula is C19H16BrFO5. The Kier molecular flexibility index (Phi) is 6.00. The van der Waals surface area contributed by atoms with Crippen LogP contribution in [0.25, 0.3) is 0 Å². The lowest BCUT2D eigenvalue weighted by Gasteiger charge is -2.19. The number of rotatable bonds is 5. The molecule has 2 aromatic rings. The lowest BCUT2D eigenvalue weighted by Crippen LogP contribution is -2.37. The predicted molar refractivity (Wildman–Crippen MR) is 94.9 cm³/mol. The number of alkyl halides is 2. The third-order valence-corrected chi connectivity index (χ3v) is 4.60. The number of carbonyl (C=O) groups is 2. The molecule has 1 aliphatic rings. The van der Waals surface area contributed by atoms with E-state index in [0.29, 0.717) is 11.1 Å². The molecule has 0 spiro atoms. The van der Waals surface area contributed by atoms with Crippen LogP contribution in [0.4, 0.5) is 4.39 Å². The van der Waals surface area contributed by atoms with E-state index in [1.807, 2.05) is 0 Å². The van der Waals surface area contributed by atoms with Gasteiger partial charge in [0.05, 0.1) is 11.1 Å². The Morgan fingerprint density at radius 1 is 0.962 bits per heavy atom. The number of benzene rings is 2. The maximum absolute atomic E-state index is 14.4. The summed E-state index contributed by atoms with van der Waals surface area (Å²) in [5.74, 6) is -1.22. The van der Waals surface area contributed by atoms with Crippen LogP contribution in [0, 0.1) is 0 Å². The van der Waals surface area contributed by atoms with Crippen LogP contribution in [0.5, 0.6) is 0 Å². The van der Waals surface area contributed by atoms with Crippen molar-refractivity contribution in [2.45, 2.75) is 23.4 Å². The third kappa shape index (κ3) is 4.28. The number of hydrogen-bond donors (Lipinski definition) is 0. The summed E-state index contributed by atoms with van der Waals surface area (Å²) < 4.78 is 30.2. The molecule has 0 amide bonds. The van der Waals surface area contributed by atoms with Crippen LogP contribution in [-0.2, 0) is 14.2 Å². The van der Waals surface area contributed by atoms with Gasteiger partial charge in [0.25, 0.3) is 0 Å². The van der Waals surface area contributed by atoms with E-state index < -0.39 is 35.3 Å². The van der Waals surface area contributed by atoms with Gasteiger partial charge in [0.2, 0.25) is 0 Å². The summed E-state index contributed by atoms with van der Waals surface area (Å²) in [6.45, 7) is -0.233. The van der Waals surface area contributed by atoms with Crippen molar-refractivity contribution in [1.82, 2.24) is 0 Å². The van der Waals surface area contributed by atoms with E-state index in [4.69, 9.17) is 14.2 Å². The summed E-state index contributed by atoms with van der Waals surface area (Å²) in [7, 11) is 0. The molecule has 0 saturated carbocycles. The van der Waals surface area contributed by atoms with Gasteiger partial charge in [-0.3, -0.25) is 0 Å². The normalized spacial score (nSPS) is 24.8. The molecule has 7 heteroatoms. The van der Waals surface area contributed by atoms with Gasteiger partial charge < -0.3 is 14.2 Å². The van der Waals surface area contributed by atoms with E-state index in [1.165, 1.54) is 0 Å². The topological polar surface area (TPSA) is 61.8 Å². The predicted octanol–water partition coefficient (Wildman–Crippen LogP) is 3.53. The van der Waals surface area contributed by atoms with Crippen LogP contribution in [0.2, 0.25) is 0 Å². The molecule has 3 rings (SSSR count). The molecule has 0 N–H and O–H groups in total. The van der Waals surface area contributed by atoms with Crippen molar-refractivity contribution in [3.63, 3.8) is 0 Å². The minimum Gasteiger partial charge on any atom is -0.459 e. The van der Waals surface area contributed by atoms with Gasteiger partial charge in [-0.15, -0.1) is 0 Å². The fourth-order valence-corrected chi connectivity index (χ4v) is 3.11. The lowest BCUT2D eigenvalue weighted by atomic mass is 10.1. The van der Waals surface area contributed by atoms with Gasteiger partial charge in [-0.05, 0) is 24.3 Å². The Balaban J connectivity index is 1.63. The Morgan fingerprint density at radius 3 is 2.08 bits per heavy atom. The van der Waals surface area contributed by atoms with Crippen LogP contribution in [0.15, 0.2) is 60.7 Å². The smallest absolute Gasteiger partial charge is 0.338 e. The van der Waals surface area contributed by atoms with Crippen LogP contribution in [-0.4, -0.2) is 41.9 Å². The summed E-state index contributed by atoms with van der Waals surface area (Å²) in [5, 5.41) is -0.948. The van der Waals surface area contributed by atoms with E-state index in [9.17, 15) is 14.0 Å². The summed E-state index contributed by atoms with van der Waals surface area (Å²) in [6, 6.07) is 16.7. The van der Waals surface area contributed by atoms with Crippen LogP contribution in [0.3, 0.4) is 0 Å². The van der Waals surface area contributed by atoms with Crippen molar-refractivity contribution in [2.24, 2.45) is 0 Å². The molecule has 2 unspecified atom stereocenters. The molecule has 26 heavy (non-hydrogen) atoms. The van der Waals surface area contributed by atoms with E-state index in [2.05, 4.69) is 15.9 Å². The molecule has 1 aliphatic heterocycles. The molecule has 136 valence electrons. The van der Waals surface area contributed by atoms with E-state index in [1.54, 1.807) is 60.7 Å². The van der Waals surface area contributed by atoms with Gasteiger partial charge >= 0.3 is 11.9 Å². The van der Waals surface area contributed by atoms with E-state index >= 15 is 0 Å². The lowest BCUT2D eigenvalue weighted by molar-refractivity contribution is -0.0342. The SMILES string of the molecule is O=C(OC[C@H]1O[C@H](Br)C(F)C1OC(=O)c1ccccc1)c1ccccc1. The second-order valence-corrected chi connectivity index (χ2v) is 6.57. The second-order valence-electron chi connectivity index (χ2n) is 5.67. The fourth-order valence-electron chi connectivity index (χ4n) is 2.53. The van der Waals surface area contributed by atoms with Crippen molar-refractivity contribution in [1.29, 1.82) is 0 Å². The van der Waals surface area contributed by atoms with Crippen molar-refractivity contribution >= 4 is 27.9 Å². The van der Waals surface area contributed by atoms with Gasteiger partial charge in [0.1, 0.15) is 17.7 Å². The average Bonchev–Trinajstić information content (AvgIpc) is 2.95. The van der Waals surface area contributed by atoms with Crippen molar-refractivity contribution < 1.29 is 28.2 Å². The molecule has 1 saturated heterocycles. The van der Waals surface area contributed by atoms with Crippen molar-refractivity contribution in [2.75, 3.05) is 6.61 Å². The number of carbonyl (C=O) groups excluding carboxylic acids is 2. The highest BCUT2D eigenvalue weighted by Crippen LogP contribution is 2.31. The maximum atomic E-state index is 14.4. The van der Waals surface area contributed by atoms with E-state index in [-0.39, 0.29) is 6.61 Å². The first-order valence-corrected chi connectivity index (χ1v) is 8.89. The Morgan fingerprint density at radius 2 is 1.50 bits per heavy atom. The fraction of sp³-hybridized carbons (Fsp3) is 0.263. The summed E-state index contributed by atoms with van der Waals surface area (Å²) in [4.78, 5) is 24.2. The highest BCUT2D eigenvalue weighted by Gasteiger charge is 2.47. The van der Waals surface area contributed by atoms with Crippen LogP contribution >= 0.6 is 15.9 Å². The number of halogens is 2. The third-order valence-electron chi connectivity index (χ3n) is 3.88. The van der Waals surface area contributed by atoms with E-state index in [0.717, 1.165) is 0 Å². The van der Waals surface area contributed by atoms with Gasteiger partial charge in [-0.25, -0.2) is 14.0 Å². The largest absolute Gasteiger partial charge is 0.459 e. The molecule has 0 bridgehead atoms. The molecule has 0 radical (unpaired) electrons. The molecule has 2 aromatic carbocycles. The number of ether oxygens (including phenoxy) is 3. The molecule has 4 atom stereocenters.